The summed E-state index contributed by atoms with van der Waals surface area (Å²) >= 11 is 0. The first-order valence-electron chi connectivity index (χ1n) is 12.7. The Morgan fingerprint density at radius 3 is 2.46 bits per heavy atom. The van der Waals surface area contributed by atoms with E-state index in [1.165, 1.54) is 6.07 Å². The predicted octanol–water partition coefficient (Wildman–Crippen LogP) is 6.90. The molecule has 0 bridgehead atoms. The number of amides is 1. The zero-order chi connectivity index (χ0) is 27.8. The molecular formula is C28H29F3N6O2. The van der Waals surface area contributed by atoms with Crippen LogP contribution in [0.4, 0.5) is 29.5 Å². The third kappa shape index (κ3) is 6.30. The van der Waals surface area contributed by atoms with Crippen LogP contribution < -0.4 is 5.32 Å². The molecule has 0 spiro atoms. The molecule has 0 saturated carbocycles. The maximum absolute atomic E-state index is 13.1. The quantitative estimate of drug-likeness (QED) is 0.294. The number of rotatable bonds is 4. The summed E-state index contributed by atoms with van der Waals surface area (Å²) in [5.74, 6) is 1.23. The van der Waals surface area contributed by atoms with Crippen molar-refractivity contribution in [2.24, 2.45) is 0 Å². The maximum atomic E-state index is 13.1. The minimum atomic E-state index is -4.42. The van der Waals surface area contributed by atoms with Crippen LogP contribution in [0.2, 0.25) is 0 Å². The van der Waals surface area contributed by atoms with Gasteiger partial charge in [0.15, 0.2) is 5.82 Å². The number of ether oxygens (including phenoxy) is 1. The first-order chi connectivity index (χ1) is 18.4. The number of nitrogens with zero attached hydrogens (tertiary/aromatic N) is 4. The van der Waals surface area contributed by atoms with Gasteiger partial charge in [0.05, 0.1) is 22.3 Å². The number of alkyl halides is 3. The predicted molar refractivity (Wildman–Crippen MR) is 142 cm³/mol. The Morgan fingerprint density at radius 1 is 1.03 bits per heavy atom. The summed E-state index contributed by atoms with van der Waals surface area (Å²) in [7, 11) is 0. The highest BCUT2D eigenvalue weighted by molar-refractivity contribution is 5.81. The van der Waals surface area contributed by atoms with E-state index in [9.17, 15) is 18.0 Å². The largest absolute Gasteiger partial charge is 0.444 e. The maximum Gasteiger partial charge on any atom is 0.416 e. The molecule has 0 unspecified atom stereocenters. The number of anilines is 2. The fourth-order valence-electron chi connectivity index (χ4n) is 4.53. The molecule has 0 radical (unpaired) electrons. The standard InChI is InChI=1S/C28H29F3N6O2/c1-27(2,3)39-26(38)37-13-11-17(12-14-37)21-9-10-24(36-35-21)32-20-6-4-5-18(15-20)25-33-22-8-7-19(28(29,30)31)16-23(22)34-25/h4-10,15-17H,11-14H2,1-3H3,(H,32,36)(H,33,34). The van der Waals surface area contributed by atoms with Crippen LogP contribution >= 0.6 is 0 Å². The normalized spacial score (nSPS) is 15.0. The number of fused-ring (bicyclic) bond motifs is 1. The number of likely N-dealkylation sites (tertiary alicyclic amines) is 1. The van der Waals surface area contributed by atoms with Crippen LogP contribution in [-0.2, 0) is 10.9 Å². The average Bonchev–Trinajstić information content (AvgIpc) is 3.32. The number of benzene rings is 2. The SMILES string of the molecule is CC(C)(C)OC(=O)N1CCC(c2ccc(Nc3cccc(-c4nc5ccc(C(F)(F)F)cc5[nH]4)c3)nn2)CC1. The van der Waals surface area contributed by atoms with Gasteiger partial charge in [-0.3, -0.25) is 0 Å². The van der Waals surface area contributed by atoms with Crippen molar-refractivity contribution in [3.05, 3.63) is 65.9 Å². The molecule has 5 rings (SSSR count). The molecule has 1 aliphatic heterocycles. The minimum Gasteiger partial charge on any atom is -0.444 e. The van der Waals surface area contributed by atoms with E-state index in [1.54, 1.807) is 4.90 Å². The van der Waals surface area contributed by atoms with Crippen molar-refractivity contribution >= 4 is 28.6 Å². The molecule has 8 nitrogen and oxygen atoms in total. The van der Waals surface area contributed by atoms with Crippen molar-refractivity contribution in [3.8, 4) is 11.4 Å². The van der Waals surface area contributed by atoms with E-state index >= 15 is 0 Å². The lowest BCUT2D eigenvalue weighted by atomic mass is 9.93. The number of H-pyrrole nitrogens is 1. The van der Waals surface area contributed by atoms with Crippen molar-refractivity contribution in [3.63, 3.8) is 0 Å². The van der Waals surface area contributed by atoms with Crippen LogP contribution in [0, 0.1) is 0 Å². The third-order valence-corrected chi connectivity index (χ3v) is 6.47. The highest BCUT2D eigenvalue weighted by Crippen LogP contribution is 2.32. The van der Waals surface area contributed by atoms with E-state index in [4.69, 9.17) is 4.74 Å². The Labute approximate surface area is 223 Å². The summed E-state index contributed by atoms with van der Waals surface area (Å²) in [4.78, 5) is 21.5. The lowest BCUT2D eigenvalue weighted by Crippen LogP contribution is -2.41. The average molecular weight is 539 g/mol. The van der Waals surface area contributed by atoms with Crippen molar-refractivity contribution in [2.75, 3.05) is 18.4 Å². The lowest BCUT2D eigenvalue weighted by molar-refractivity contribution is -0.137. The monoisotopic (exact) mass is 538 g/mol. The minimum absolute atomic E-state index is 0.208. The number of aromatic amines is 1. The van der Waals surface area contributed by atoms with E-state index < -0.39 is 17.3 Å². The fourth-order valence-corrected chi connectivity index (χ4v) is 4.53. The van der Waals surface area contributed by atoms with Gasteiger partial charge in [-0.2, -0.15) is 18.3 Å². The number of nitrogens with one attached hydrogen (secondary N) is 2. The third-order valence-electron chi connectivity index (χ3n) is 6.47. The smallest absolute Gasteiger partial charge is 0.416 e. The Hall–Kier alpha value is -4.15. The number of carbonyl (C=O) groups excluding carboxylic acids is 1. The van der Waals surface area contributed by atoms with Crippen LogP contribution in [0.25, 0.3) is 22.4 Å². The summed E-state index contributed by atoms with van der Waals surface area (Å²) in [5.41, 5.74) is 1.85. The molecule has 1 aliphatic rings. The molecule has 2 aromatic heterocycles. The molecule has 2 N–H and O–H groups in total. The van der Waals surface area contributed by atoms with Gasteiger partial charge in [0.2, 0.25) is 0 Å². The van der Waals surface area contributed by atoms with Crippen LogP contribution in [-0.4, -0.2) is 49.8 Å². The summed E-state index contributed by atoms with van der Waals surface area (Å²) < 4.78 is 44.6. The number of imidazole rings is 1. The van der Waals surface area contributed by atoms with Crippen LogP contribution in [0.3, 0.4) is 0 Å². The van der Waals surface area contributed by atoms with Gasteiger partial charge in [-0.1, -0.05) is 12.1 Å². The molecule has 3 heterocycles. The number of halogens is 3. The number of aromatic nitrogens is 4. The van der Waals surface area contributed by atoms with Gasteiger partial charge in [-0.25, -0.2) is 9.78 Å². The van der Waals surface area contributed by atoms with E-state index in [1.807, 2.05) is 57.2 Å². The van der Waals surface area contributed by atoms with Crippen molar-refractivity contribution in [1.82, 2.24) is 25.1 Å². The topological polar surface area (TPSA) is 96.0 Å². The second-order valence-electron chi connectivity index (χ2n) is 10.6. The molecule has 1 saturated heterocycles. The van der Waals surface area contributed by atoms with Gasteiger partial charge in [0, 0.05) is 30.3 Å². The molecule has 4 aromatic rings. The Kier molecular flexibility index (Phi) is 6.92. The van der Waals surface area contributed by atoms with E-state index in [0.717, 1.165) is 36.4 Å². The summed E-state index contributed by atoms with van der Waals surface area (Å²) in [6.07, 6.45) is -3.14. The van der Waals surface area contributed by atoms with Gasteiger partial charge in [-0.05, 0) is 76.1 Å². The number of hydrogen-bond donors (Lipinski definition) is 2. The van der Waals surface area contributed by atoms with Crippen LogP contribution in [0.5, 0.6) is 0 Å². The molecule has 0 atom stereocenters. The Morgan fingerprint density at radius 2 is 1.79 bits per heavy atom. The second kappa shape index (κ2) is 10.2. The molecule has 0 aliphatic carbocycles. The van der Waals surface area contributed by atoms with E-state index in [-0.39, 0.29) is 12.0 Å². The number of piperidine rings is 1. The molecule has 11 heteroatoms. The van der Waals surface area contributed by atoms with Gasteiger partial charge in [-0.15, -0.1) is 5.10 Å². The van der Waals surface area contributed by atoms with Gasteiger partial charge >= 0.3 is 12.3 Å². The van der Waals surface area contributed by atoms with Crippen LogP contribution in [0.15, 0.2) is 54.6 Å². The summed E-state index contributed by atoms with van der Waals surface area (Å²) in [5, 5.41) is 12.0. The zero-order valence-corrected chi connectivity index (χ0v) is 21.8. The van der Waals surface area contributed by atoms with Gasteiger partial charge in [0.25, 0.3) is 0 Å². The molecular weight excluding hydrogens is 509 g/mol. The molecule has 2 aromatic carbocycles. The van der Waals surface area contributed by atoms with Crippen LogP contribution in [0.1, 0.15) is 50.8 Å². The van der Waals surface area contributed by atoms with Gasteiger partial charge < -0.3 is 19.9 Å². The van der Waals surface area contributed by atoms with Crippen molar-refractivity contribution < 1.29 is 22.7 Å². The first kappa shape index (κ1) is 26.5. The molecule has 1 fully saturated rings. The molecule has 1 amide bonds. The first-order valence-corrected chi connectivity index (χ1v) is 12.7. The van der Waals surface area contributed by atoms with E-state index in [0.29, 0.717) is 41.3 Å². The highest BCUT2D eigenvalue weighted by Gasteiger charge is 2.31. The zero-order valence-electron chi connectivity index (χ0n) is 21.8. The summed E-state index contributed by atoms with van der Waals surface area (Å²) in [6, 6.07) is 14.6. The number of hydrogen-bond acceptors (Lipinski definition) is 6. The molecule has 204 valence electrons. The fraction of sp³-hybridized carbons (Fsp3) is 0.357. The van der Waals surface area contributed by atoms with Gasteiger partial charge in [0.1, 0.15) is 11.4 Å². The highest BCUT2D eigenvalue weighted by atomic mass is 19.4. The lowest BCUT2D eigenvalue weighted by Gasteiger charge is -2.33. The second-order valence-corrected chi connectivity index (χ2v) is 10.6. The van der Waals surface area contributed by atoms with E-state index in [2.05, 4.69) is 25.5 Å². The number of carbonyl (C=O) groups is 1. The Bertz CT molecular complexity index is 1470. The van der Waals surface area contributed by atoms with Crippen molar-refractivity contribution in [2.45, 2.75) is 51.3 Å². The summed E-state index contributed by atoms with van der Waals surface area (Å²) in [6.45, 7) is 6.77. The Balaban J connectivity index is 1.23. The van der Waals surface area contributed by atoms with Crippen molar-refractivity contribution in [1.29, 1.82) is 0 Å². The molecule has 39 heavy (non-hydrogen) atoms.